The molecule has 24 heavy (non-hydrogen) atoms. The Kier molecular flexibility index (Phi) is 6.66. The molecule has 0 saturated carbocycles. The summed E-state index contributed by atoms with van der Waals surface area (Å²) in [6.45, 7) is 4.52. The Bertz CT molecular complexity index is 637. The Morgan fingerprint density at radius 3 is 2.54 bits per heavy atom. The lowest BCUT2D eigenvalue weighted by molar-refractivity contribution is -0.154. The molecule has 0 aliphatic carbocycles. The summed E-state index contributed by atoms with van der Waals surface area (Å²) in [5.74, 6) is -0.822. The Labute approximate surface area is 151 Å². The lowest BCUT2D eigenvalue weighted by Crippen LogP contribution is -2.49. The monoisotopic (exact) mass is 371 g/mol. The predicted molar refractivity (Wildman–Crippen MR) is 93.0 cm³/mol. The fourth-order valence-electron chi connectivity index (χ4n) is 2.43. The second-order valence-electron chi connectivity index (χ2n) is 5.67. The van der Waals surface area contributed by atoms with E-state index in [9.17, 15) is 9.59 Å². The maximum atomic E-state index is 12.1. The molecule has 1 aromatic carbocycles. The molecule has 1 aromatic rings. The normalized spacial score (nSPS) is 21.1. The molecule has 1 aliphatic heterocycles. The first-order valence-electron chi connectivity index (χ1n) is 7.58. The number of carbonyl (C=O) groups is 2. The van der Waals surface area contributed by atoms with Crippen LogP contribution in [0.3, 0.4) is 0 Å². The number of amides is 1. The SMILES string of the molecule is C[C@@H]1CN(C(=O)COC(=O)/C=C/c2ccc(Cl)c(Cl)c2)C[C@H](C)O1. The van der Waals surface area contributed by atoms with Crippen LogP contribution >= 0.6 is 23.2 Å². The molecule has 130 valence electrons. The van der Waals surface area contributed by atoms with Gasteiger partial charge < -0.3 is 14.4 Å². The highest BCUT2D eigenvalue weighted by atomic mass is 35.5. The number of halogens is 2. The number of morpholine rings is 1. The van der Waals surface area contributed by atoms with Gasteiger partial charge in [-0.25, -0.2) is 4.79 Å². The van der Waals surface area contributed by atoms with Crippen molar-refractivity contribution in [3.8, 4) is 0 Å². The summed E-state index contributed by atoms with van der Waals surface area (Å²) in [6, 6.07) is 4.99. The number of ether oxygens (including phenoxy) is 2. The molecule has 0 unspecified atom stereocenters. The van der Waals surface area contributed by atoms with Crippen molar-refractivity contribution in [1.29, 1.82) is 0 Å². The maximum absolute atomic E-state index is 12.1. The van der Waals surface area contributed by atoms with Gasteiger partial charge in [-0.1, -0.05) is 29.3 Å². The molecule has 5 nitrogen and oxygen atoms in total. The molecule has 0 aromatic heterocycles. The number of rotatable bonds is 4. The molecule has 7 heteroatoms. The molecule has 0 bridgehead atoms. The van der Waals surface area contributed by atoms with E-state index in [4.69, 9.17) is 32.7 Å². The molecular formula is C17H19Cl2NO4. The zero-order valence-corrected chi connectivity index (χ0v) is 15.0. The average molecular weight is 372 g/mol. The first-order valence-corrected chi connectivity index (χ1v) is 8.34. The van der Waals surface area contributed by atoms with Crippen LogP contribution in [-0.4, -0.2) is 48.7 Å². The van der Waals surface area contributed by atoms with E-state index in [-0.39, 0.29) is 24.7 Å². The van der Waals surface area contributed by atoms with E-state index in [1.54, 1.807) is 29.2 Å². The number of esters is 1. The van der Waals surface area contributed by atoms with E-state index in [1.807, 2.05) is 13.8 Å². The summed E-state index contributed by atoms with van der Waals surface area (Å²) in [5.41, 5.74) is 0.712. The highest BCUT2D eigenvalue weighted by Gasteiger charge is 2.26. The van der Waals surface area contributed by atoms with Crippen LogP contribution in [-0.2, 0) is 19.1 Å². The van der Waals surface area contributed by atoms with Gasteiger partial charge in [0.15, 0.2) is 6.61 Å². The fourth-order valence-corrected chi connectivity index (χ4v) is 2.74. The van der Waals surface area contributed by atoms with Crippen molar-refractivity contribution >= 4 is 41.2 Å². The first kappa shape index (κ1) is 18.8. The quantitative estimate of drug-likeness (QED) is 0.602. The van der Waals surface area contributed by atoms with Crippen LogP contribution < -0.4 is 0 Å². The third-order valence-corrected chi connectivity index (χ3v) is 4.20. The molecule has 1 heterocycles. The maximum Gasteiger partial charge on any atom is 0.331 e. The molecular weight excluding hydrogens is 353 g/mol. The molecule has 2 rings (SSSR count). The number of benzene rings is 1. The van der Waals surface area contributed by atoms with Gasteiger partial charge in [-0.05, 0) is 37.6 Å². The van der Waals surface area contributed by atoms with Crippen molar-refractivity contribution in [2.75, 3.05) is 19.7 Å². The van der Waals surface area contributed by atoms with Crippen LogP contribution in [0.5, 0.6) is 0 Å². The van der Waals surface area contributed by atoms with E-state index in [0.717, 1.165) is 0 Å². The molecule has 1 amide bonds. The van der Waals surface area contributed by atoms with Gasteiger partial charge in [-0.15, -0.1) is 0 Å². The number of hydrogen-bond donors (Lipinski definition) is 0. The molecule has 1 saturated heterocycles. The standard InChI is InChI=1S/C17H19Cl2NO4/c1-11-8-20(9-12(2)24-11)16(21)10-23-17(22)6-4-13-3-5-14(18)15(19)7-13/h3-7,11-12H,8-10H2,1-2H3/b6-4+/t11-,12+. The summed E-state index contributed by atoms with van der Waals surface area (Å²) in [6.07, 6.45) is 2.75. The van der Waals surface area contributed by atoms with E-state index < -0.39 is 5.97 Å². The zero-order valence-electron chi connectivity index (χ0n) is 13.5. The third-order valence-electron chi connectivity index (χ3n) is 3.47. The van der Waals surface area contributed by atoms with Gasteiger partial charge in [-0.2, -0.15) is 0 Å². The van der Waals surface area contributed by atoms with Gasteiger partial charge in [0.2, 0.25) is 0 Å². The highest BCUT2D eigenvalue weighted by Crippen LogP contribution is 2.23. The Morgan fingerprint density at radius 2 is 1.92 bits per heavy atom. The molecule has 1 fully saturated rings. The van der Waals surface area contributed by atoms with Crippen molar-refractivity contribution in [2.45, 2.75) is 26.1 Å². The molecule has 0 radical (unpaired) electrons. The fraction of sp³-hybridized carbons (Fsp3) is 0.412. The van der Waals surface area contributed by atoms with Gasteiger partial charge in [0.1, 0.15) is 0 Å². The van der Waals surface area contributed by atoms with Crippen molar-refractivity contribution < 1.29 is 19.1 Å². The molecule has 0 N–H and O–H groups in total. The largest absolute Gasteiger partial charge is 0.452 e. The average Bonchev–Trinajstić information content (AvgIpc) is 2.52. The van der Waals surface area contributed by atoms with Crippen molar-refractivity contribution in [3.63, 3.8) is 0 Å². The first-order chi connectivity index (χ1) is 11.3. The lowest BCUT2D eigenvalue weighted by Gasteiger charge is -2.35. The summed E-state index contributed by atoms with van der Waals surface area (Å²) in [4.78, 5) is 25.5. The van der Waals surface area contributed by atoms with E-state index in [2.05, 4.69) is 0 Å². The molecule has 2 atom stereocenters. The topological polar surface area (TPSA) is 55.8 Å². The minimum absolute atomic E-state index is 0.0250. The summed E-state index contributed by atoms with van der Waals surface area (Å²) in [5, 5.41) is 0.842. The minimum Gasteiger partial charge on any atom is -0.452 e. The van der Waals surface area contributed by atoms with E-state index >= 15 is 0 Å². The van der Waals surface area contributed by atoms with Crippen LogP contribution in [0, 0.1) is 0 Å². The van der Waals surface area contributed by atoms with E-state index in [0.29, 0.717) is 28.7 Å². The smallest absolute Gasteiger partial charge is 0.331 e. The summed E-state index contributed by atoms with van der Waals surface area (Å²) >= 11 is 11.7. The predicted octanol–water partition coefficient (Wildman–Crippen LogP) is 3.19. The lowest BCUT2D eigenvalue weighted by atomic mass is 10.2. The van der Waals surface area contributed by atoms with Crippen LogP contribution in [0.2, 0.25) is 10.0 Å². The number of carbonyl (C=O) groups excluding carboxylic acids is 2. The third kappa shape index (κ3) is 5.51. The Morgan fingerprint density at radius 1 is 1.25 bits per heavy atom. The van der Waals surface area contributed by atoms with Gasteiger partial charge >= 0.3 is 5.97 Å². The van der Waals surface area contributed by atoms with Gasteiger partial charge in [-0.3, -0.25) is 4.79 Å². The Balaban J connectivity index is 1.83. The van der Waals surface area contributed by atoms with Crippen LogP contribution in [0.25, 0.3) is 6.08 Å². The van der Waals surface area contributed by atoms with Crippen LogP contribution in [0.15, 0.2) is 24.3 Å². The van der Waals surface area contributed by atoms with Gasteiger partial charge in [0.05, 0.1) is 22.3 Å². The van der Waals surface area contributed by atoms with Gasteiger partial charge in [0, 0.05) is 19.2 Å². The zero-order chi connectivity index (χ0) is 17.7. The summed E-state index contributed by atoms with van der Waals surface area (Å²) < 4.78 is 10.6. The van der Waals surface area contributed by atoms with Gasteiger partial charge in [0.25, 0.3) is 5.91 Å². The van der Waals surface area contributed by atoms with Crippen LogP contribution in [0.1, 0.15) is 19.4 Å². The second-order valence-corrected chi connectivity index (χ2v) is 6.49. The summed E-state index contributed by atoms with van der Waals surface area (Å²) in [7, 11) is 0. The second kappa shape index (κ2) is 8.51. The van der Waals surface area contributed by atoms with Crippen LogP contribution in [0.4, 0.5) is 0 Å². The van der Waals surface area contributed by atoms with E-state index in [1.165, 1.54) is 6.08 Å². The Hall–Kier alpha value is -1.56. The molecule has 0 spiro atoms. The molecule has 1 aliphatic rings. The van der Waals surface area contributed by atoms with Crippen molar-refractivity contribution in [2.24, 2.45) is 0 Å². The number of nitrogens with zero attached hydrogens (tertiary/aromatic N) is 1. The highest BCUT2D eigenvalue weighted by molar-refractivity contribution is 6.42. The van der Waals surface area contributed by atoms with Crippen molar-refractivity contribution in [3.05, 3.63) is 39.9 Å². The minimum atomic E-state index is -0.594. The van der Waals surface area contributed by atoms with Crippen molar-refractivity contribution in [1.82, 2.24) is 4.90 Å². The number of hydrogen-bond acceptors (Lipinski definition) is 4.